The Morgan fingerprint density at radius 3 is 2.63 bits per heavy atom. The summed E-state index contributed by atoms with van der Waals surface area (Å²) < 4.78 is 5.83. The number of hydrogen-bond acceptors (Lipinski definition) is 6. The average Bonchev–Trinajstić information content (AvgIpc) is 2.67. The van der Waals surface area contributed by atoms with Gasteiger partial charge in [-0.15, -0.1) is 0 Å². The SMILES string of the molecule is CCCSc1ncc(Br)c(C(=O)NCC(=O)Nc2ccc(OCC)cc2)n1. The van der Waals surface area contributed by atoms with Crippen molar-refractivity contribution >= 4 is 45.2 Å². The Kier molecular flexibility index (Phi) is 8.53. The monoisotopic (exact) mass is 452 g/mol. The molecule has 0 aliphatic rings. The number of benzene rings is 1. The molecule has 9 heteroatoms. The first-order chi connectivity index (χ1) is 13.0. The Labute approximate surface area is 170 Å². The van der Waals surface area contributed by atoms with Crippen LogP contribution in [0, 0.1) is 0 Å². The molecular weight excluding hydrogens is 432 g/mol. The number of rotatable bonds is 9. The summed E-state index contributed by atoms with van der Waals surface area (Å²) >= 11 is 4.75. The highest BCUT2D eigenvalue weighted by atomic mass is 79.9. The van der Waals surface area contributed by atoms with Crippen molar-refractivity contribution in [2.24, 2.45) is 0 Å². The summed E-state index contributed by atoms with van der Waals surface area (Å²) in [4.78, 5) is 32.8. The van der Waals surface area contributed by atoms with Crippen LogP contribution in [-0.4, -0.2) is 40.7 Å². The number of hydrogen-bond donors (Lipinski definition) is 2. The first-order valence-electron chi connectivity index (χ1n) is 8.49. The van der Waals surface area contributed by atoms with Crippen LogP contribution in [0.4, 0.5) is 5.69 Å². The fourth-order valence-corrected chi connectivity index (χ4v) is 3.06. The second-order valence-electron chi connectivity index (χ2n) is 5.39. The molecule has 0 atom stereocenters. The number of nitrogens with one attached hydrogen (secondary N) is 2. The number of anilines is 1. The number of halogens is 1. The van der Waals surface area contributed by atoms with Gasteiger partial charge in [-0.3, -0.25) is 9.59 Å². The van der Waals surface area contributed by atoms with Gasteiger partial charge in [-0.25, -0.2) is 9.97 Å². The number of ether oxygens (including phenoxy) is 1. The minimum absolute atomic E-state index is 0.167. The molecule has 0 fully saturated rings. The van der Waals surface area contributed by atoms with Crippen molar-refractivity contribution < 1.29 is 14.3 Å². The van der Waals surface area contributed by atoms with Crippen LogP contribution in [0.1, 0.15) is 30.8 Å². The molecule has 0 aliphatic carbocycles. The molecule has 2 aromatic rings. The van der Waals surface area contributed by atoms with Crippen LogP contribution in [0.5, 0.6) is 5.75 Å². The Hall–Kier alpha value is -2.13. The van der Waals surface area contributed by atoms with Crippen LogP contribution < -0.4 is 15.4 Å². The van der Waals surface area contributed by atoms with Crippen molar-refractivity contribution in [3.63, 3.8) is 0 Å². The first-order valence-corrected chi connectivity index (χ1v) is 10.3. The van der Waals surface area contributed by atoms with Crippen molar-refractivity contribution in [2.75, 3.05) is 24.2 Å². The van der Waals surface area contributed by atoms with Gasteiger partial charge in [0.05, 0.1) is 17.6 Å². The van der Waals surface area contributed by atoms with Gasteiger partial charge in [0.25, 0.3) is 5.91 Å². The smallest absolute Gasteiger partial charge is 0.271 e. The second-order valence-corrected chi connectivity index (χ2v) is 7.30. The lowest BCUT2D eigenvalue weighted by molar-refractivity contribution is -0.115. The maximum Gasteiger partial charge on any atom is 0.271 e. The molecule has 0 unspecified atom stereocenters. The van der Waals surface area contributed by atoms with Crippen LogP contribution in [0.25, 0.3) is 0 Å². The molecule has 0 spiro atoms. The lowest BCUT2D eigenvalue weighted by Crippen LogP contribution is -2.33. The molecule has 0 saturated heterocycles. The summed E-state index contributed by atoms with van der Waals surface area (Å²) in [6.45, 7) is 4.37. The summed E-state index contributed by atoms with van der Waals surface area (Å²) in [5.41, 5.74) is 0.830. The number of carbonyl (C=O) groups is 2. The molecule has 0 aliphatic heterocycles. The topological polar surface area (TPSA) is 93.2 Å². The largest absolute Gasteiger partial charge is 0.494 e. The van der Waals surface area contributed by atoms with Crippen LogP contribution in [-0.2, 0) is 4.79 Å². The van der Waals surface area contributed by atoms with Gasteiger partial charge in [-0.1, -0.05) is 18.7 Å². The minimum atomic E-state index is -0.440. The lowest BCUT2D eigenvalue weighted by atomic mass is 10.3. The molecule has 1 heterocycles. The molecule has 2 amide bonds. The van der Waals surface area contributed by atoms with Crippen LogP contribution in [0.15, 0.2) is 40.1 Å². The number of carbonyl (C=O) groups excluding carboxylic acids is 2. The third-order valence-electron chi connectivity index (χ3n) is 3.23. The van der Waals surface area contributed by atoms with E-state index in [1.165, 1.54) is 11.8 Å². The van der Waals surface area contributed by atoms with Crippen molar-refractivity contribution in [2.45, 2.75) is 25.4 Å². The van der Waals surface area contributed by atoms with Gasteiger partial charge in [-0.05, 0) is 53.5 Å². The Morgan fingerprint density at radius 1 is 1.22 bits per heavy atom. The van der Waals surface area contributed by atoms with E-state index in [0.29, 0.717) is 21.9 Å². The van der Waals surface area contributed by atoms with Gasteiger partial charge in [0, 0.05) is 17.6 Å². The molecule has 7 nitrogen and oxygen atoms in total. The third kappa shape index (κ3) is 6.84. The summed E-state index contributed by atoms with van der Waals surface area (Å²) in [5.74, 6) is 0.824. The quantitative estimate of drug-likeness (QED) is 0.446. The fourth-order valence-electron chi connectivity index (χ4n) is 2.02. The molecule has 2 rings (SSSR count). The van der Waals surface area contributed by atoms with Gasteiger partial charge in [0.15, 0.2) is 5.16 Å². The molecule has 144 valence electrons. The van der Waals surface area contributed by atoms with Gasteiger partial charge < -0.3 is 15.4 Å². The zero-order valence-corrected chi connectivity index (χ0v) is 17.5. The van der Waals surface area contributed by atoms with Crippen molar-refractivity contribution in [3.8, 4) is 5.75 Å². The number of nitrogens with zero attached hydrogens (tertiary/aromatic N) is 2. The predicted octanol–water partition coefficient (Wildman–Crippen LogP) is 3.51. The number of amides is 2. The summed E-state index contributed by atoms with van der Waals surface area (Å²) in [7, 11) is 0. The zero-order chi connectivity index (χ0) is 19.6. The van der Waals surface area contributed by atoms with Crippen LogP contribution in [0.2, 0.25) is 0 Å². The molecule has 0 bridgehead atoms. The van der Waals surface area contributed by atoms with E-state index in [1.807, 2.05) is 6.92 Å². The second kappa shape index (κ2) is 10.9. The maximum absolute atomic E-state index is 12.3. The zero-order valence-electron chi connectivity index (χ0n) is 15.1. The number of thioether (sulfide) groups is 1. The van der Waals surface area contributed by atoms with Crippen molar-refractivity contribution in [3.05, 3.63) is 40.6 Å². The lowest BCUT2D eigenvalue weighted by Gasteiger charge is -2.09. The normalized spacial score (nSPS) is 10.3. The molecule has 27 heavy (non-hydrogen) atoms. The highest BCUT2D eigenvalue weighted by molar-refractivity contribution is 9.10. The first kappa shape index (κ1) is 21.2. The molecule has 0 radical (unpaired) electrons. The predicted molar refractivity (Wildman–Crippen MR) is 109 cm³/mol. The highest BCUT2D eigenvalue weighted by Crippen LogP contribution is 2.19. The number of aromatic nitrogens is 2. The molecular formula is C18H21BrN4O3S. The van der Waals surface area contributed by atoms with E-state index in [1.54, 1.807) is 30.5 Å². The molecule has 1 aromatic heterocycles. The van der Waals surface area contributed by atoms with E-state index in [0.717, 1.165) is 17.9 Å². The van der Waals surface area contributed by atoms with E-state index < -0.39 is 5.91 Å². The van der Waals surface area contributed by atoms with Gasteiger partial charge in [-0.2, -0.15) is 0 Å². The van der Waals surface area contributed by atoms with E-state index in [2.05, 4.69) is 43.5 Å². The van der Waals surface area contributed by atoms with Gasteiger partial charge in [0.2, 0.25) is 5.91 Å². The van der Waals surface area contributed by atoms with Crippen LogP contribution in [0.3, 0.4) is 0 Å². The van der Waals surface area contributed by atoms with Gasteiger partial charge >= 0.3 is 0 Å². The average molecular weight is 453 g/mol. The van der Waals surface area contributed by atoms with Gasteiger partial charge in [0.1, 0.15) is 11.4 Å². The summed E-state index contributed by atoms with van der Waals surface area (Å²) in [6, 6.07) is 7.02. The Balaban J connectivity index is 1.89. The standard InChI is InChI=1S/C18H21BrN4O3S/c1-3-9-27-18-21-10-14(19)16(23-18)17(25)20-11-15(24)22-12-5-7-13(8-6-12)26-4-2/h5-8,10H,3-4,9,11H2,1-2H3,(H,20,25)(H,22,24). The van der Waals surface area contributed by atoms with E-state index in [4.69, 9.17) is 4.74 Å². The summed E-state index contributed by atoms with van der Waals surface area (Å²) in [5, 5.41) is 5.82. The van der Waals surface area contributed by atoms with E-state index in [-0.39, 0.29) is 18.1 Å². The van der Waals surface area contributed by atoms with Crippen molar-refractivity contribution in [1.29, 1.82) is 0 Å². The minimum Gasteiger partial charge on any atom is -0.494 e. The van der Waals surface area contributed by atoms with Crippen LogP contribution >= 0.6 is 27.7 Å². The Bertz CT molecular complexity index is 787. The van der Waals surface area contributed by atoms with E-state index >= 15 is 0 Å². The fraction of sp³-hybridized carbons (Fsp3) is 0.333. The Morgan fingerprint density at radius 2 is 1.96 bits per heavy atom. The van der Waals surface area contributed by atoms with E-state index in [9.17, 15) is 9.59 Å². The molecule has 2 N–H and O–H groups in total. The van der Waals surface area contributed by atoms with Crippen molar-refractivity contribution in [1.82, 2.24) is 15.3 Å². The molecule has 0 saturated carbocycles. The maximum atomic E-state index is 12.3. The highest BCUT2D eigenvalue weighted by Gasteiger charge is 2.15. The third-order valence-corrected chi connectivity index (χ3v) is 4.88. The summed E-state index contributed by atoms with van der Waals surface area (Å²) in [6.07, 6.45) is 2.53. The molecule has 1 aromatic carbocycles.